The van der Waals surface area contributed by atoms with E-state index in [1.165, 1.54) is 12.1 Å². The highest BCUT2D eigenvalue weighted by molar-refractivity contribution is 5.82. The highest BCUT2D eigenvalue weighted by Gasteiger charge is 2.29. The number of carbonyl (C=O) groups is 1. The zero-order chi connectivity index (χ0) is 16.1. The molecule has 1 amide bonds. The second-order valence-electron chi connectivity index (χ2n) is 5.53. The quantitative estimate of drug-likeness (QED) is 0.677. The predicted octanol–water partition coefficient (Wildman–Crippen LogP) is 0.531. The molecule has 1 aromatic heterocycles. The van der Waals surface area contributed by atoms with Crippen LogP contribution in [0.2, 0.25) is 0 Å². The van der Waals surface area contributed by atoms with Crippen LogP contribution in [0.3, 0.4) is 0 Å². The van der Waals surface area contributed by atoms with E-state index >= 15 is 0 Å². The molecule has 0 radical (unpaired) electrons. The SMILES string of the molecule is O=C(NCCCn1cnnc1)C1CC(c2ccc(F)cc2)NN1. The monoisotopic (exact) mass is 318 g/mol. The van der Waals surface area contributed by atoms with Gasteiger partial charge in [0.2, 0.25) is 5.91 Å². The Morgan fingerprint density at radius 2 is 2.00 bits per heavy atom. The van der Waals surface area contributed by atoms with Gasteiger partial charge in [0.05, 0.1) is 0 Å². The molecule has 0 saturated carbocycles. The van der Waals surface area contributed by atoms with E-state index in [4.69, 9.17) is 0 Å². The van der Waals surface area contributed by atoms with Crippen molar-refractivity contribution in [2.45, 2.75) is 31.5 Å². The van der Waals surface area contributed by atoms with Crippen LogP contribution in [0.25, 0.3) is 0 Å². The van der Waals surface area contributed by atoms with E-state index in [0.717, 1.165) is 18.5 Å². The summed E-state index contributed by atoms with van der Waals surface area (Å²) in [5.74, 6) is -0.298. The Bertz CT molecular complexity index is 630. The molecule has 1 fully saturated rings. The van der Waals surface area contributed by atoms with Gasteiger partial charge in [-0.25, -0.2) is 15.2 Å². The van der Waals surface area contributed by atoms with Gasteiger partial charge in [-0.15, -0.1) is 10.2 Å². The average molecular weight is 318 g/mol. The third-order valence-electron chi connectivity index (χ3n) is 3.85. The van der Waals surface area contributed by atoms with Crippen LogP contribution < -0.4 is 16.2 Å². The number of hydrogen-bond donors (Lipinski definition) is 3. The van der Waals surface area contributed by atoms with Crippen molar-refractivity contribution in [3.63, 3.8) is 0 Å². The number of nitrogens with one attached hydrogen (secondary N) is 3. The molecule has 7 nitrogen and oxygen atoms in total. The molecule has 3 rings (SSSR count). The standard InChI is InChI=1S/C15H19FN6O/c16-12-4-2-11(3-5-12)13-8-14(21-20-13)15(23)17-6-1-7-22-9-18-19-10-22/h2-5,9-10,13-14,20-21H,1,6-8H2,(H,17,23). The molecular formula is C15H19FN6O. The van der Waals surface area contributed by atoms with E-state index in [1.807, 2.05) is 4.57 Å². The minimum Gasteiger partial charge on any atom is -0.355 e. The Labute approximate surface area is 133 Å². The summed E-state index contributed by atoms with van der Waals surface area (Å²) in [6.45, 7) is 1.36. The van der Waals surface area contributed by atoms with Crippen LogP contribution in [0.15, 0.2) is 36.9 Å². The first kappa shape index (κ1) is 15.6. The zero-order valence-corrected chi connectivity index (χ0v) is 12.6. The Morgan fingerprint density at radius 1 is 1.26 bits per heavy atom. The van der Waals surface area contributed by atoms with Gasteiger partial charge in [0, 0.05) is 19.1 Å². The molecule has 2 aromatic rings. The van der Waals surface area contributed by atoms with Gasteiger partial charge < -0.3 is 9.88 Å². The number of rotatable bonds is 6. The molecule has 122 valence electrons. The molecule has 2 atom stereocenters. The van der Waals surface area contributed by atoms with Gasteiger partial charge in [-0.1, -0.05) is 12.1 Å². The molecule has 1 aliphatic heterocycles. The van der Waals surface area contributed by atoms with Gasteiger partial charge in [-0.05, 0) is 30.5 Å². The van der Waals surface area contributed by atoms with Crippen molar-refractivity contribution in [3.05, 3.63) is 48.3 Å². The number of nitrogens with zero attached hydrogens (tertiary/aromatic N) is 3. The molecule has 1 aliphatic rings. The highest BCUT2D eigenvalue weighted by Crippen LogP contribution is 2.22. The van der Waals surface area contributed by atoms with Crippen molar-refractivity contribution >= 4 is 5.91 Å². The normalized spacial score (nSPS) is 20.6. The van der Waals surface area contributed by atoms with E-state index in [-0.39, 0.29) is 23.8 Å². The summed E-state index contributed by atoms with van der Waals surface area (Å²) >= 11 is 0. The highest BCUT2D eigenvalue weighted by atomic mass is 19.1. The van der Waals surface area contributed by atoms with Gasteiger partial charge in [0.15, 0.2) is 0 Å². The van der Waals surface area contributed by atoms with Crippen LogP contribution in [0, 0.1) is 5.82 Å². The summed E-state index contributed by atoms with van der Waals surface area (Å²) in [5, 5.41) is 10.4. The number of carbonyl (C=O) groups excluding carboxylic acids is 1. The van der Waals surface area contributed by atoms with Gasteiger partial charge in [0.1, 0.15) is 24.5 Å². The second kappa shape index (κ2) is 7.30. The molecule has 0 spiro atoms. The molecular weight excluding hydrogens is 299 g/mol. The van der Waals surface area contributed by atoms with E-state index in [9.17, 15) is 9.18 Å². The summed E-state index contributed by atoms with van der Waals surface area (Å²) in [6, 6.07) is 6.02. The van der Waals surface area contributed by atoms with Crippen molar-refractivity contribution in [1.29, 1.82) is 0 Å². The molecule has 1 saturated heterocycles. The van der Waals surface area contributed by atoms with Gasteiger partial charge >= 0.3 is 0 Å². The minimum absolute atomic E-state index is 0.00312. The first-order chi connectivity index (χ1) is 11.2. The second-order valence-corrected chi connectivity index (χ2v) is 5.53. The van der Waals surface area contributed by atoms with Crippen molar-refractivity contribution < 1.29 is 9.18 Å². The van der Waals surface area contributed by atoms with Crippen LogP contribution in [-0.4, -0.2) is 33.3 Å². The number of benzene rings is 1. The van der Waals surface area contributed by atoms with Crippen LogP contribution in [0.4, 0.5) is 4.39 Å². The predicted molar refractivity (Wildman–Crippen MR) is 81.5 cm³/mol. The lowest BCUT2D eigenvalue weighted by atomic mass is 10.0. The largest absolute Gasteiger partial charge is 0.355 e. The van der Waals surface area contributed by atoms with Gasteiger partial charge in [-0.3, -0.25) is 4.79 Å². The fourth-order valence-corrected chi connectivity index (χ4v) is 2.58. The van der Waals surface area contributed by atoms with Crippen molar-refractivity contribution in [3.8, 4) is 0 Å². The Morgan fingerprint density at radius 3 is 2.74 bits per heavy atom. The fourth-order valence-electron chi connectivity index (χ4n) is 2.58. The third-order valence-corrected chi connectivity index (χ3v) is 3.85. The molecule has 0 aliphatic carbocycles. The number of hydrogen-bond acceptors (Lipinski definition) is 5. The molecule has 3 N–H and O–H groups in total. The molecule has 1 aromatic carbocycles. The first-order valence-electron chi connectivity index (χ1n) is 7.59. The summed E-state index contributed by atoms with van der Waals surface area (Å²) in [5.41, 5.74) is 7.04. The first-order valence-corrected chi connectivity index (χ1v) is 7.59. The Balaban J connectivity index is 1.41. The lowest BCUT2D eigenvalue weighted by Crippen LogP contribution is -2.43. The van der Waals surface area contributed by atoms with Gasteiger partial charge in [0.25, 0.3) is 0 Å². The molecule has 2 unspecified atom stereocenters. The van der Waals surface area contributed by atoms with E-state index < -0.39 is 0 Å². The van der Waals surface area contributed by atoms with Crippen molar-refractivity contribution in [2.24, 2.45) is 0 Å². The summed E-state index contributed by atoms with van der Waals surface area (Å²) < 4.78 is 14.8. The smallest absolute Gasteiger partial charge is 0.238 e. The Kier molecular flexibility index (Phi) is 4.94. The lowest BCUT2D eigenvalue weighted by molar-refractivity contribution is -0.122. The van der Waals surface area contributed by atoms with E-state index in [1.54, 1.807) is 24.8 Å². The molecule has 23 heavy (non-hydrogen) atoms. The number of amides is 1. The van der Waals surface area contributed by atoms with E-state index in [2.05, 4.69) is 26.4 Å². The molecule has 0 bridgehead atoms. The van der Waals surface area contributed by atoms with Crippen molar-refractivity contribution in [1.82, 2.24) is 30.9 Å². The zero-order valence-electron chi connectivity index (χ0n) is 12.6. The summed E-state index contributed by atoms with van der Waals surface area (Å²) in [6.07, 6.45) is 4.74. The van der Waals surface area contributed by atoms with Crippen LogP contribution in [-0.2, 0) is 11.3 Å². The van der Waals surface area contributed by atoms with Crippen LogP contribution in [0.5, 0.6) is 0 Å². The van der Waals surface area contributed by atoms with Crippen LogP contribution in [0.1, 0.15) is 24.4 Å². The van der Waals surface area contributed by atoms with Gasteiger partial charge in [-0.2, -0.15) is 0 Å². The number of aromatic nitrogens is 3. The molecule has 8 heteroatoms. The third kappa shape index (κ3) is 4.11. The topological polar surface area (TPSA) is 83.9 Å². The van der Waals surface area contributed by atoms with Crippen LogP contribution >= 0.6 is 0 Å². The Hall–Kier alpha value is -2.32. The van der Waals surface area contributed by atoms with Crippen molar-refractivity contribution in [2.75, 3.05) is 6.54 Å². The minimum atomic E-state index is -0.292. The lowest BCUT2D eigenvalue weighted by Gasteiger charge is -2.11. The fraction of sp³-hybridized carbons (Fsp3) is 0.400. The van der Waals surface area contributed by atoms with E-state index in [0.29, 0.717) is 13.0 Å². The maximum Gasteiger partial charge on any atom is 0.238 e. The number of hydrazine groups is 1. The maximum absolute atomic E-state index is 12.9. The average Bonchev–Trinajstić information content (AvgIpc) is 3.24. The number of aryl methyl sites for hydroxylation is 1. The number of halogens is 1. The molecule has 2 heterocycles. The summed E-state index contributed by atoms with van der Waals surface area (Å²) in [7, 11) is 0. The summed E-state index contributed by atoms with van der Waals surface area (Å²) in [4.78, 5) is 12.1. The maximum atomic E-state index is 12.9.